The van der Waals surface area contributed by atoms with Gasteiger partial charge in [0, 0.05) is 11.9 Å². The largest absolute Gasteiger partial charge is 0.278 e. The predicted molar refractivity (Wildman–Crippen MR) is 58.3 cm³/mol. The van der Waals surface area contributed by atoms with Gasteiger partial charge >= 0.3 is 0 Å². The summed E-state index contributed by atoms with van der Waals surface area (Å²) in [6, 6.07) is 3.48. The number of nitrogens with zero attached hydrogens (tertiary/aromatic N) is 3. The number of thioether (sulfide) groups is 1. The molecule has 14 heavy (non-hydrogen) atoms. The van der Waals surface area contributed by atoms with Crippen molar-refractivity contribution in [3.8, 4) is 6.19 Å². The molecule has 0 aromatic carbocycles. The third-order valence-electron chi connectivity index (χ3n) is 1.63. The Bertz CT molecular complexity index is 383. The van der Waals surface area contributed by atoms with Crippen LogP contribution in [0.1, 0.15) is 5.69 Å². The molecule has 1 N–H and O–H groups in total. The minimum Gasteiger partial charge on any atom is -0.278 e. The van der Waals surface area contributed by atoms with Gasteiger partial charge in [-0.3, -0.25) is 10.4 Å². The van der Waals surface area contributed by atoms with Crippen LogP contribution in [-0.4, -0.2) is 16.4 Å². The maximum Gasteiger partial charge on any atom is 0.191 e. The fourth-order valence-corrected chi connectivity index (χ4v) is 1.31. The molecule has 0 saturated heterocycles. The van der Waals surface area contributed by atoms with Crippen LogP contribution in [0.5, 0.6) is 0 Å². The number of rotatable bonds is 1. The number of hydrogen-bond acceptors (Lipinski definition) is 4. The standard InChI is InChI=1S/C9H10N4S/c1-7-5-8(3-4-12-7)13(6-10)9(11)14-2/h3-5,11H,1-2H3. The molecule has 0 amide bonds. The molecule has 1 heterocycles. The predicted octanol–water partition coefficient (Wildman–Crippen LogP) is 1.98. The summed E-state index contributed by atoms with van der Waals surface area (Å²) in [6.45, 7) is 1.85. The maximum atomic E-state index is 8.87. The summed E-state index contributed by atoms with van der Waals surface area (Å²) < 4.78 is 0. The zero-order chi connectivity index (χ0) is 10.6. The smallest absolute Gasteiger partial charge is 0.191 e. The van der Waals surface area contributed by atoms with E-state index in [1.807, 2.05) is 13.1 Å². The number of amidine groups is 1. The van der Waals surface area contributed by atoms with Gasteiger partial charge in [-0.2, -0.15) is 5.26 Å². The second kappa shape index (κ2) is 4.63. The summed E-state index contributed by atoms with van der Waals surface area (Å²) in [4.78, 5) is 5.29. The Kier molecular flexibility index (Phi) is 3.48. The molecule has 4 nitrogen and oxygen atoms in total. The van der Waals surface area contributed by atoms with Crippen molar-refractivity contribution in [3.63, 3.8) is 0 Å². The van der Waals surface area contributed by atoms with Crippen molar-refractivity contribution in [2.75, 3.05) is 11.2 Å². The zero-order valence-electron chi connectivity index (χ0n) is 7.98. The van der Waals surface area contributed by atoms with Crippen molar-refractivity contribution in [2.24, 2.45) is 0 Å². The third kappa shape index (κ3) is 2.24. The Labute approximate surface area is 87.1 Å². The van der Waals surface area contributed by atoms with Crippen molar-refractivity contribution in [1.82, 2.24) is 4.98 Å². The molecular formula is C9H10N4S. The molecule has 1 aromatic rings. The SMILES string of the molecule is CSC(=N)N(C#N)c1ccnc(C)c1. The topological polar surface area (TPSA) is 63.8 Å². The van der Waals surface area contributed by atoms with E-state index in [2.05, 4.69) is 4.98 Å². The molecule has 0 aliphatic rings. The number of aryl methyl sites for hydroxylation is 1. The molecule has 0 fully saturated rings. The summed E-state index contributed by atoms with van der Waals surface area (Å²) in [5, 5.41) is 16.6. The zero-order valence-corrected chi connectivity index (χ0v) is 8.80. The monoisotopic (exact) mass is 206 g/mol. The molecule has 72 valence electrons. The highest BCUT2D eigenvalue weighted by Gasteiger charge is 2.10. The second-order valence-electron chi connectivity index (χ2n) is 2.60. The van der Waals surface area contributed by atoms with Gasteiger partial charge in [0.15, 0.2) is 11.4 Å². The van der Waals surface area contributed by atoms with E-state index in [-0.39, 0.29) is 5.17 Å². The van der Waals surface area contributed by atoms with Gasteiger partial charge in [-0.25, -0.2) is 4.90 Å². The number of aromatic nitrogens is 1. The van der Waals surface area contributed by atoms with E-state index in [0.717, 1.165) is 5.69 Å². The third-order valence-corrected chi connectivity index (χ3v) is 2.20. The molecule has 1 rings (SSSR count). The van der Waals surface area contributed by atoms with Gasteiger partial charge in [-0.05, 0) is 25.3 Å². The highest BCUT2D eigenvalue weighted by Crippen LogP contribution is 2.16. The van der Waals surface area contributed by atoms with Gasteiger partial charge in [0.1, 0.15) is 0 Å². The molecule has 5 heteroatoms. The molecule has 1 aromatic heterocycles. The van der Waals surface area contributed by atoms with Gasteiger partial charge in [0.2, 0.25) is 0 Å². The van der Waals surface area contributed by atoms with Gasteiger partial charge in [-0.15, -0.1) is 0 Å². The molecule has 0 aliphatic carbocycles. The Balaban J connectivity index is 3.02. The highest BCUT2D eigenvalue weighted by molar-refractivity contribution is 8.13. The molecule has 0 bridgehead atoms. The molecule has 0 aliphatic heterocycles. The van der Waals surface area contributed by atoms with Crippen molar-refractivity contribution in [2.45, 2.75) is 6.92 Å². The van der Waals surface area contributed by atoms with Crippen LogP contribution in [0.15, 0.2) is 18.3 Å². The lowest BCUT2D eigenvalue weighted by molar-refractivity contribution is 1.18. The molecule has 0 saturated carbocycles. The highest BCUT2D eigenvalue weighted by atomic mass is 32.2. The van der Waals surface area contributed by atoms with Crippen molar-refractivity contribution < 1.29 is 0 Å². The van der Waals surface area contributed by atoms with Crippen LogP contribution in [0.3, 0.4) is 0 Å². The first-order valence-corrected chi connectivity index (χ1v) is 5.16. The fourth-order valence-electron chi connectivity index (χ4n) is 0.981. The van der Waals surface area contributed by atoms with E-state index in [1.165, 1.54) is 16.7 Å². The lowest BCUT2D eigenvalue weighted by Gasteiger charge is -2.14. The van der Waals surface area contributed by atoms with E-state index in [9.17, 15) is 0 Å². The van der Waals surface area contributed by atoms with E-state index >= 15 is 0 Å². The average molecular weight is 206 g/mol. The summed E-state index contributed by atoms with van der Waals surface area (Å²) in [7, 11) is 0. The Morgan fingerprint density at radius 3 is 2.93 bits per heavy atom. The van der Waals surface area contributed by atoms with Gasteiger partial charge in [-0.1, -0.05) is 11.8 Å². The Morgan fingerprint density at radius 2 is 2.43 bits per heavy atom. The first-order chi connectivity index (χ1) is 6.69. The Hall–Kier alpha value is -1.54. The quantitative estimate of drug-likeness (QED) is 0.330. The first-order valence-electron chi connectivity index (χ1n) is 3.94. The lowest BCUT2D eigenvalue weighted by Crippen LogP contribution is -2.21. The lowest BCUT2D eigenvalue weighted by atomic mass is 10.3. The van der Waals surface area contributed by atoms with Crippen LogP contribution in [0.4, 0.5) is 5.69 Å². The Morgan fingerprint density at radius 1 is 1.71 bits per heavy atom. The summed E-state index contributed by atoms with van der Waals surface area (Å²) >= 11 is 1.22. The van der Waals surface area contributed by atoms with Crippen molar-refractivity contribution >= 4 is 22.6 Å². The van der Waals surface area contributed by atoms with E-state index in [4.69, 9.17) is 10.7 Å². The van der Waals surface area contributed by atoms with Crippen LogP contribution in [0.2, 0.25) is 0 Å². The molecule has 0 spiro atoms. The maximum absolute atomic E-state index is 8.87. The molecule has 0 unspecified atom stereocenters. The van der Waals surface area contributed by atoms with Crippen LogP contribution >= 0.6 is 11.8 Å². The van der Waals surface area contributed by atoms with Gasteiger partial charge in [0.05, 0.1) is 5.69 Å². The van der Waals surface area contributed by atoms with Crippen LogP contribution < -0.4 is 4.90 Å². The normalized spacial score (nSPS) is 9.21. The van der Waals surface area contributed by atoms with Gasteiger partial charge < -0.3 is 0 Å². The number of hydrogen-bond donors (Lipinski definition) is 1. The van der Waals surface area contributed by atoms with E-state index < -0.39 is 0 Å². The van der Waals surface area contributed by atoms with Gasteiger partial charge in [0.25, 0.3) is 0 Å². The van der Waals surface area contributed by atoms with Crippen LogP contribution in [0.25, 0.3) is 0 Å². The van der Waals surface area contributed by atoms with Crippen molar-refractivity contribution in [3.05, 3.63) is 24.0 Å². The van der Waals surface area contributed by atoms with Crippen molar-refractivity contribution in [1.29, 1.82) is 10.7 Å². The van der Waals surface area contributed by atoms with E-state index in [0.29, 0.717) is 5.69 Å². The van der Waals surface area contributed by atoms with Crippen LogP contribution in [-0.2, 0) is 0 Å². The number of nitrogens with one attached hydrogen (secondary N) is 1. The van der Waals surface area contributed by atoms with Crippen LogP contribution in [0, 0.1) is 23.8 Å². The number of anilines is 1. The minimum atomic E-state index is 0.207. The van der Waals surface area contributed by atoms with E-state index in [1.54, 1.807) is 24.6 Å². The summed E-state index contributed by atoms with van der Waals surface area (Å²) in [5.74, 6) is 0. The second-order valence-corrected chi connectivity index (χ2v) is 3.40. The number of pyridine rings is 1. The minimum absolute atomic E-state index is 0.207. The first kappa shape index (κ1) is 10.5. The molecule has 0 radical (unpaired) electrons. The average Bonchev–Trinajstić information content (AvgIpc) is 2.19. The fraction of sp³-hybridized carbons (Fsp3) is 0.222. The summed E-state index contributed by atoms with van der Waals surface area (Å²) in [6.07, 6.45) is 5.35. The molecule has 0 atom stereocenters. The number of nitriles is 1. The summed E-state index contributed by atoms with van der Waals surface area (Å²) in [5.41, 5.74) is 1.51. The molecular weight excluding hydrogens is 196 g/mol.